The fourth-order valence-corrected chi connectivity index (χ4v) is 3.26. The number of hydrogen-bond acceptors (Lipinski definition) is 2. The van der Waals surface area contributed by atoms with Crippen LogP contribution in [0.3, 0.4) is 0 Å². The predicted octanol–water partition coefficient (Wildman–Crippen LogP) is 4.35. The summed E-state index contributed by atoms with van der Waals surface area (Å²) < 4.78 is 5.30. The number of carboxylic acids is 1. The van der Waals surface area contributed by atoms with E-state index in [-0.39, 0.29) is 12.3 Å². The third-order valence-electron chi connectivity index (χ3n) is 4.46. The summed E-state index contributed by atoms with van der Waals surface area (Å²) in [6.45, 7) is 2.12. The van der Waals surface area contributed by atoms with Gasteiger partial charge in [0.1, 0.15) is 5.75 Å². The monoisotopic (exact) mass is 323 g/mol. The van der Waals surface area contributed by atoms with Gasteiger partial charge in [0.05, 0.1) is 13.5 Å². The molecule has 0 spiro atoms. The normalized spacial score (nSPS) is 12.2. The molecule has 2 aromatic carbocycles. The van der Waals surface area contributed by atoms with Gasteiger partial charge in [0.2, 0.25) is 0 Å². The van der Waals surface area contributed by atoms with Crippen molar-refractivity contribution in [3.05, 3.63) is 65.4 Å². The van der Waals surface area contributed by atoms with E-state index in [1.165, 1.54) is 5.56 Å². The zero-order valence-corrected chi connectivity index (χ0v) is 13.9. The van der Waals surface area contributed by atoms with Crippen LogP contribution in [-0.2, 0) is 11.2 Å². The first-order chi connectivity index (χ1) is 11.6. The standard InChI is InChI=1S/C20H21NO3/c1-3-13-6-5-9-16-18(12-21-20(13)16)17(11-19(22)23)14-7-4-8-15(10-14)24-2/h4-10,12,17,21H,3,11H2,1-2H3,(H,22,23)/t17-/m1/s1. The molecule has 0 aliphatic heterocycles. The quantitative estimate of drug-likeness (QED) is 0.709. The largest absolute Gasteiger partial charge is 0.497 e. The lowest BCUT2D eigenvalue weighted by Crippen LogP contribution is -2.08. The number of para-hydroxylation sites is 1. The molecule has 0 aliphatic carbocycles. The summed E-state index contributed by atoms with van der Waals surface area (Å²) >= 11 is 0. The maximum Gasteiger partial charge on any atom is 0.304 e. The smallest absolute Gasteiger partial charge is 0.304 e. The number of aliphatic carboxylic acids is 1. The van der Waals surface area contributed by atoms with Crippen LogP contribution in [0.2, 0.25) is 0 Å². The van der Waals surface area contributed by atoms with Gasteiger partial charge in [-0.3, -0.25) is 4.79 Å². The topological polar surface area (TPSA) is 62.3 Å². The molecule has 0 unspecified atom stereocenters. The van der Waals surface area contributed by atoms with E-state index >= 15 is 0 Å². The van der Waals surface area contributed by atoms with Gasteiger partial charge in [-0.2, -0.15) is 0 Å². The summed E-state index contributed by atoms with van der Waals surface area (Å²) in [4.78, 5) is 14.8. The molecule has 0 saturated carbocycles. The molecular weight excluding hydrogens is 302 g/mol. The molecule has 1 atom stereocenters. The van der Waals surface area contributed by atoms with Crippen LogP contribution in [-0.4, -0.2) is 23.2 Å². The van der Waals surface area contributed by atoms with Crippen LogP contribution >= 0.6 is 0 Å². The van der Waals surface area contributed by atoms with E-state index in [0.717, 1.165) is 34.2 Å². The Morgan fingerprint density at radius 1 is 1.25 bits per heavy atom. The molecule has 2 N–H and O–H groups in total. The first-order valence-corrected chi connectivity index (χ1v) is 8.08. The number of carboxylic acid groups (broad SMARTS) is 1. The van der Waals surface area contributed by atoms with Crippen molar-refractivity contribution in [2.75, 3.05) is 7.11 Å². The molecule has 0 amide bonds. The molecule has 24 heavy (non-hydrogen) atoms. The van der Waals surface area contributed by atoms with E-state index in [1.807, 2.05) is 36.5 Å². The average molecular weight is 323 g/mol. The van der Waals surface area contributed by atoms with Crippen molar-refractivity contribution >= 4 is 16.9 Å². The van der Waals surface area contributed by atoms with E-state index in [9.17, 15) is 9.90 Å². The van der Waals surface area contributed by atoms with Crippen LogP contribution in [0.5, 0.6) is 5.75 Å². The molecule has 1 aromatic heterocycles. The van der Waals surface area contributed by atoms with Crippen LogP contribution in [0.4, 0.5) is 0 Å². The number of fused-ring (bicyclic) bond motifs is 1. The number of H-pyrrole nitrogens is 1. The Morgan fingerprint density at radius 2 is 2.04 bits per heavy atom. The van der Waals surface area contributed by atoms with Crippen LogP contribution in [0.15, 0.2) is 48.7 Å². The van der Waals surface area contributed by atoms with Gasteiger partial charge in [-0.1, -0.05) is 37.3 Å². The number of benzene rings is 2. The van der Waals surface area contributed by atoms with Crippen molar-refractivity contribution < 1.29 is 14.6 Å². The molecule has 0 radical (unpaired) electrons. The Kier molecular flexibility index (Phi) is 4.56. The molecule has 1 heterocycles. The predicted molar refractivity (Wildman–Crippen MR) is 94.8 cm³/mol. The summed E-state index contributed by atoms with van der Waals surface area (Å²) in [5, 5.41) is 10.5. The zero-order chi connectivity index (χ0) is 17.1. The Labute approximate surface area is 141 Å². The highest BCUT2D eigenvalue weighted by atomic mass is 16.5. The second-order valence-corrected chi connectivity index (χ2v) is 5.86. The molecule has 3 rings (SSSR count). The van der Waals surface area contributed by atoms with E-state index in [0.29, 0.717) is 0 Å². The van der Waals surface area contributed by atoms with Crippen molar-refractivity contribution in [1.29, 1.82) is 0 Å². The van der Waals surface area contributed by atoms with Gasteiger partial charge >= 0.3 is 5.97 Å². The second kappa shape index (κ2) is 6.79. The number of ether oxygens (including phenoxy) is 1. The summed E-state index contributed by atoms with van der Waals surface area (Å²) in [6, 6.07) is 13.8. The minimum atomic E-state index is -0.816. The number of carbonyl (C=O) groups is 1. The molecule has 3 aromatic rings. The van der Waals surface area contributed by atoms with Gasteiger partial charge < -0.3 is 14.8 Å². The SMILES string of the molecule is CCc1cccc2c([C@H](CC(=O)O)c3cccc(OC)c3)c[nH]c12. The molecule has 0 saturated heterocycles. The maximum atomic E-state index is 11.5. The maximum absolute atomic E-state index is 11.5. The molecule has 0 fully saturated rings. The minimum absolute atomic E-state index is 0.0382. The Morgan fingerprint density at radius 3 is 2.75 bits per heavy atom. The summed E-state index contributed by atoms with van der Waals surface area (Å²) in [5.74, 6) is -0.306. The highest BCUT2D eigenvalue weighted by Crippen LogP contribution is 2.35. The number of hydrogen-bond donors (Lipinski definition) is 2. The first kappa shape index (κ1) is 16.1. The lowest BCUT2D eigenvalue weighted by molar-refractivity contribution is -0.137. The highest BCUT2D eigenvalue weighted by Gasteiger charge is 2.22. The minimum Gasteiger partial charge on any atom is -0.497 e. The van der Waals surface area contributed by atoms with Gasteiger partial charge in [0.15, 0.2) is 0 Å². The van der Waals surface area contributed by atoms with Gasteiger partial charge in [0.25, 0.3) is 0 Å². The molecule has 124 valence electrons. The van der Waals surface area contributed by atoms with E-state index in [1.54, 1.807) is 7.11 Å². The van der Waals surface area contributed by atoms with Crippen LogP contribution in [0, 0.1) is 0 Å². The third-order valence-corrected chi connectivity index (χ3v) is 4.46. The lowest BCUT2D eigenvalue weighted by atomic mass is 9.88. The Balaban J connectivity index is 2.14. The molecule has 0 bridgehead atoms. The van der Waals surface area contributed by atoms with E-state index < -0.39 is 5.97 Å². The molecular formula is C20H21NO3. The number of aryl methyl sites for hydroxylation is 1. The van der Waals surface area contributed by atoms with Crippen molar-refractivity contribution in [3.8, 4) is 5.75 Å². The zero-order valence-electron chi connectivity index (χ0n) is 13.9. The van der Waals surface area contributed by atoms with Gasteiger partial charge in [-0.25, -0.2) is 0 Å². The molecule has 4 heteroatoms. The summed E-state index contributed by atoms with van der Waals surface area (Å²) in [5.41, 5.74) is 4.28. The van der Waals surface area contributed by atoms with Crippen LogP contribution in [0.1, 0.15) is 36.0 Å². The van der Waals surface area contributed by atoms with Gasteiger partial charge in [-0.15, -0.1) is 0 Å². The molecule has 0 aliphatic rings. The van der Waals surface area contributed by atoms with Crippen LogP contribution < -0.4 is 4.74 Å². The summed E-state index contributed by atoms with van der Waals surface area (Å²) in [7, 11) is 1.62. The number of aromatic amines is 1. The highest BCUT2D eigenvalue weighted by molar-refractivity contribution is 5.87. The third kappa shape index (κ3) is 3.00. The lowest BCUT2D eigenvalue weighted by Gasteiger charge is -2.16. The average Bonchev–Trinajstić information content (AvgIpc) is 3.03. The number of aromatic nitrogens is 1. The van der Waals surface area contributed by atoms with Crippen molar-refractivity contribution in [3.63, 3.8) is 0 Å². The van der Waals surface area contributed by atoms with Gasteiger partial charge in [-0.05, 0) is 35.2 Å². The fourth-order valence-electron chi connectivity index (χ4n) is 3.26. The van der Waals surface area contributed by atoms with Crippen molar-refractivity contribution in [1.82, 2.24) is 4.98 Å². The van der Waals surface area contributed by atoms with E-state index in [4.69, 9.17) is 4.74 Å². The van der Waals surface area contributed by atoms with Crippen molar-refractivity contribution in [2.24, 2.45) is 0 Å². The van der Waals surface area contributed by atoms with Gasteiger partial charge in [0, 0.05) is 23.0 Å². The Hall–Kier alpha value is -2.75. The summed E-state index contributed by atoms with van der Waals surface area (Å²) in [6.07, 6.45) is 2.91. The number of nitrogens with one attached hydrogen (secondary N) is 1. The van der Waals surface area contributed by atoms with Crippen LogP contribution in [0.25, 0.3) is 10.9 Å². The molecule has 4 nitrogen and oxygen atoms in total. The van der Waals surface area contributed by atoms with Crippen molar-refractivity contribution in [2.45, 2.75) is 25.7 Å². The second-order valence-electron chi connectivity index (χ2n) is 5.86. The number of methoxy groups -OCH3 is 1. The van der Waals surface area contributed by atoms with E-state index in [2.05, 4.69) is 24.0 Å². The fraction of sp³-hybridized carbons (Fsp3) is 0.250. The Bertz CT molecular complexity index is 866. The first-order valence-electron chi connectivity index (χ1n) is 8.08. The number of rotatable bonds is 6.